The van der Waals surface area contributed by atoms with Crippen LogP contribution in [0.5, 0.6) is 0 Å². The van der Waals surface area contributed by atoms with Crippen LogP contribution in [0.3, 0.4) is 0 Å². The highest BCUT2D eigenvalue weighted by molar-refractivity contribution is 5.76. The van der Waals surface area contributed by atoms with Gasteiger partial charge in [-0.15, -0.1) is 10.2 Å². The third-order valence-corrected chi connectivity index (χ3v) is 7.26. The molecule has 200 valence electrons. The van der Waals surface area contributed by atoms with Crippen molar-refractivity contribution in [2.24, 2.45) is 0 Å². The SMILES string of the molecule is O=c1n(Cc2ccc(-c3nnc(C(F)F)o3)cc2F)c2cc(F)c(F)cc2n1C1CCN(C2COC2)CC1. The molecule has 0 saturated carbocycles. The predicted molar refractivity (Wildman–Crippen MR) is 124 cm³/mol. The van der Waals surface area contributed by atoms with Crippen LogP contribution in [0.15, 0.2) is 39.5 Å². The fraction of sp³-hybridized carbons (Fsp3) is 0.400. The van der Waals surface area contributed by atoms with Crippen molar-refractivity contribution in [1.29, 1.82) is 0 Å². The van der Waals surface area contributed by atoms with Gasteiger partial charge in [0.1, 0.15) is 5.82 Å². The number of rotatable bonds is 6. The van der Waals surface area contributed by atoms with Gasteiger partial charge < -0.3 is 9.15 Å². The van der Waals surface area contributed by atoms with Crippen molar-refractivity contribution in [3.8, 4) is 11.5 Å². The van der Waals surface area contributed by atoms with Gasteiger partial charge in [-0.1, -0.05) is 6.07 Å². The van der Waals surface area contributed by atoms with E-state index in [1.165, 1.54) is 21.3 Å². The number of likely N-dealkylation sites (tertiary alicyclic amines) is 1. The molecule has 0 unspecified atom stereocenters. The zero-order valence-corrected chi connectivity index (χ0v) is 19.9. The molecule has 2 aliphatic heterocycles. The third-order valence-electron chi connectivity index (χ3n) is 7.26. The Bertz CT molecular complexity index is 1550. The molecule has 2 aromatic heterocycles. The number of piperidine rings is 1. The van der Waals surface area contributed by atoms with Gasteiger partial charge >= 0.3 is 12.1 Å². The topological polar surface area (TPSA) is 78.3 Å². The van der Waals surface area contributed by atoms with Gasteiger partial charge in [0.25, 0.3) is 5.89 Å². The zero-order valence-electron chi connectivity index (χ0n) is 19.9. The van der Waals surface area contributed by atoms with Gasteiger partial charge in [0.15, 0.2) is 11.6 Å². The molecule has 2 aromatic carbocycles. The summed E-state index contributed by atoms with van der Waals surface area (Å²) in [5, 5.41) is 6.74. The number of aromatic nitrogens is 4. The van der Waals surface area contributed by atoms with E-state index in [2.05, 4.69) is 15.1 Å². The molecule has 38 heavy (non-hydrogen) atoms. The minimum absolute atomic E-state index is 0.0769. The monoisotopic (exact) mass is 535 g/mol. The number of fused-ring (bicyclic) bond motifs is 1. The number of ether oxygens (including phenoxy) is 1. The van der Waals surface area contributed by atoms with Crippen LogP contribution >= 0.6 is 0 Å². The summed E-state index contributed by atoms with van der Waals surface area (Å²) in [4.78, 5) is 15.9. The van der Waals surface area contributed by atoms with Gasteiger partial charge in [-0.05, 0) is 25.0 Å². The van der Waals surface area contributed by atoms with E-state index in [1.54, 1.807) is 0 Å². The molecular weight excluding hydrogens is 513 g/mol. The van der Waals surface area contributed by atoms with Gasteiger partial charge in [0, 0.05) is 42.4 Å². The number of imidazole rings is 1. The molecule has 0 radical (unpaired) electrons. The molecule has 0 aliphatic carbocycles. The van der Waals surface area contributed by atoms with Crippen LogP contribution in [0.4, 0.5) is 22.0 Å². The molecular formula is C25H22F5N5O3. The number of benzene rings is 2. The second-order valence-corrected chi connectivity index (χ2v) is 9.50. The van der Waals surface area contributed by atoms with E-state index in [-0.39, 0.29) is 40.6 Å². The minimum Gasteiger partial charge on any atom is -0.415 e. The van der Waals surface area contributed by atoms with Crippen molar-refractivity contribution in [3.05, 3.63) is 69.7 Å². The predicted octanol–water partition coefficient (Wildman–Crippen LogP) is 4.29. The van der Waals surface area contributed by atoms with Crippen molar-refractivity contribution >= 4 is 11.0 Å². The first-order valence-corrected chi connectivity index (χ1v) is 12.1. The molecule has 6 rings (SSSR count). The molecule has 4 heterocycles. The second kappa shape index (κ2) is 9.62. The van der Waals surface area contributed by atoms with Gasteiger partial charge in [-0.3, -0.25) is 14.0 Å². The Morgan fingerprint density at radius 3 is 2.24 bits per heavy atom. The number of hydrogen-bond donors (Lipinski definition) is 0. The molecule has 2 fully saturated rings. The number of halogens is 5. The van der Waals surface area contributed by atoms with Crippen LogP contribution in [0, 0.1) is 17.5 Å². The molecule has 0 N–H and O–H groups in total. The number of nitrogens with zero attached hydrogens (tertiary/aromatic N) is 5. The molecule has 2 aliphatic rings. The fourth-order valence-corrected chi connectivity index (χ4v) is 5.14. The quantitative estimate of drug-likeness (QED) is 0.343. The van der Waals surface area contributed by atoms with Crippen LogP contribution in [0.25, 0.3) is 22.5 Å². The first kappa shape index (κ1) is 24.7. The number of alkyl halides is 2. The smallest absolute Gasteiger partial charge is 0.329 e. The van der Waals surface area contributed by atoms with Crippen molar-refractivity contribution in [2.75, 3.05) is 26.3 Å². The molecule has 0 atom stereocenters. The van der Waals surface area contributed by atoms with E-state index >= 15 is 4.39 Å². The van der Waals surface area contributed by atoms with E-state index in [4.69, 9.17) is 9.15 Å². The largest absolute Gasteiger partial charge is 0.415 e. The highest BCUT2D eigenvalue weighted by Gasteiger charge is 2.32. The molecule has 8 nitrogen and oxygen atoms in total. The lowest BCUT2D eigenvalue weighted by Gasteiger charge is -2.41. The van der Waals surface area contributed by atoms with E-state index in [1.807, 2.05) is 0 Å². The standard InChI is InChI=1S/C25H22F5N5O3/c26-17-7-13(23-31-32-24(38-23)22(29)30)1-2-14(17)10-34-20-8-18(27)19(28)9-21(20)35(25(34)36)15-3-5-33(6-4-15)16-11-37-12-16/h1-2,7-9,15-16,22H,3-6,10-12H2. The van der Waals surface area contributed by atoms with Crippen LogP contribution in [0.2, 0.25) is 0 Å². The first-order valence-electron chi connectivity index (χ1n) is 12.1. The van der Waals surface area contributed by atoms with Crippen molar-refractivity contribution in [3.63, 3.8) is 0 Å². The molecule has 4 aromatic rings. The average molecular weight is 535 g/mol. The minimum atomic E-state index is -2.96. The molecule has 0 bridgehead atoms. The summed E-state index contributed by atoms with van der Waals surface area (Å²) in [5.74, 6) is -4.12. The molecule has 2 saturated heterocycles. The Hall–Kier alpha value is -3.58. The van der Waals surface area contributed by atoms with E-state index < -0.39 is 35.5 Å². The maximum Gasteiger partial charge on any atom is 0.329 e. The van der Waals surface area contributed by atoms with Crippen molar-refractivity contribution in [2.45, 2.75) is 37.9 Å². The summed E-state index contributed by atoms with van der Waals surface area (Å²) in [5.41, 5.74) is 0.0370. The lowest BCUT2D eigenvalue weighted by molar-refractivity contribution is -0.0731. The van der Waals surface area contributed by atoms with Crippen LogP contribution in [-0.2, 0) is 11.3 Å². The van der Waals surface area contributed by atoms with E-state index in [0.717, 1.165) is 31.3 Å². The summed E-state index contributed by atoms with van der Waals surface area (Å²) >= 11 is 0. The Kier molecular flexibility index (Phi) is 6.26. The highest BCUT2D eigenvalue weighted by Crippen LogP contribution is 2.30. The molecule has 0 spiro atoms. The fourth-order valence-electron chi connectivity index (χ4n) is 5.14. The van der Waals surface area contributed by atoms with Crippen LogP contribution in [0.1, 0.15) is 36.8 Å². The molecule has 0 amide bonds. The summed E-state index contributed by atoms with van der Waals surface area (Å²) in [6.07, 6.45) is -1.68. The highest BCUT2D eigenvalue weighted by atomic mass is 19.3. The van der Waals surface area contributed by atoms with Gasteiger partial charge in [-0.2, -0.15) is 8.78 Å². The normalized spacial score (nSPS) is 17.5. The Morgan fingerprint density at radius 2 is 1.63 bits per heavy atom. The van der Waals surface area contributed by atoms with Crippen molar-refractivity contribution in [1.82, 2.24) is 24.2 Å². The second-order valence-electron chi connectivity index (χ2n) is 9.50. The zero-order chi connectivity index (χ0) is 26.6. The third kappa shape index (κ3) is 4.29. The lowest BCUT2D eigenvalue weighted by Crippen LogP contribution is -2.52. The number of hydrogen-bond acceptors (Lipinski definition) is 6. The first-order chi connectivity index (χ1) is 18.3. The average Bonchev–Trinajstić information content (AvgIpc) is 3.45. The van der Waals surface area contributed by atoms with Gasteiger partial charge in [-0.25, -0.2) is 18.0 Å². The Balaban J connectivity index is 1.33. The van der Waals surface area contributed by atoms with E-state index in [0.29, 0.717) is 32.1 Å². The summed E-state index contributed by atoms with van der Waals surface area (Å²) < 4.78 is 81.9. The Labute approximate surface area is 212 Å². The van der Waals surface area contributed by atoms with E-state index in [9.17, 15) is 22.4 Å². The van der Waals surface area contributed by atoms with Gasteiger partial charge in [0.2, 0.25) is 5.89 Å². The lowest BCUT2D eigenvalue weighted by atomic mass is 10.0. The maximum absolute atomic E-state index is 15.1. The van der Waals surface area contributed by atoms with Gasteiger partial charge in [0.05, 0.1) is 36.8 Å². The van der Waals surface area contributed by atoms with Crippen LogP contribution in [-0.4, -0.2) is 56.6 Å². The summed E-state index contributed by atoms with van der Waals surface area (Å²) in [6.45, 7) is 2.57. The summed E-state index contributed by atoms with van der Waals surface area (Å²) in [7, 11) is 0. The Morgan fingerprint density at radius 1 is 0.921 bits per heavy atom. The van der Waals surface area contributed by atoms with Crippen LogP contribution < -0.4 is 5.69 Å². The summed E-state index contributed by atoms with van der Waals surface area (Å²) in [6, 6.07) is 5.85. The maximum atomic E-state index is 15.1. The molecule has 13 heteroatoms. The van der Waals surface area contributed by atoms with Crippen molar-refractivity contribution < 1.29 is 31.1 Å².